The van der Waals surface area contributed by atoms with Crippen LogP contribution in [0.4, 0.5) is 0 Å². The Morgan fingerprint density at radius 2 is 1.14 bits per heavy atom. The van der Waals surface area contributed by atoms with Crippen LogP contribution in [0.25, 0.3) is 0 Å². The first-order valence-corrected chi connectivity index (χ1v) is 8.79. The molecule has 0 heterocycles. The Morgan fingerprint density at radius 3 is 1.14 bits per heavy atom. The van der Waals surface area contributed by atoms with Crippen LogP contribution in [-0.2, 0) is 0 Å². The second-order valence-electron chi connectivity index (χ2n) is 0.801. The molecule has 0 saturated carbocycles. The minimum atomic E-state index is -0.799. The monoisotopic (exact) mass is 206 g/mol. The number of hydrogen-bond donors (Lipinski definition) is 4. The first kappa shape index (κ1) is 8.22. The Balaban J connectivity index is 2.95. The number of hydrogen-bond acceptors (Lipinski definition) is 4. The molecule has 0 aliphatic heterocycles. The van der Waals surface area contributed by atoms with Crippen LogP contribution < -0.4 is 22.0 Å². The summed E-state index contributed by atoms with van der Waals surface area (Å²) in [7, 11) is 0. The summed E-state index contributed by atoms with van der Waals surface area (Å²) in [6.07, 6.45) is 0. The molecule has 0 aromatic heterocycles. The molecule has 0 fully saturated rings. The van der Waals surface area contributed by atoms with Crippen LogP contribution >= 0.6 is 13.8 Å². The van der Waals surface area contributed by atoms with Gasteiger partial charge >= 0.3 is 49.9 Å². The molecule has 4 nitrogen and oxygen atoms in total. The number of rotatable bonds is 2. The van der Waals surface area contributed by atoms with Gasteiger partial charge in [0.05, 0.1) is 0 Å². The van der Waals surface area contributed by atoms with Crippen LogP contribution in [0.15, 0.2) is 0 Å². The van der Waals surface area contributed by atoms with E-state index in [0.717, 1.165) is 0 Å². The van der Waals surface area contributed by atoms with Gasteiger partial charge in [-0.05, 0) is 0 Å². The zero-order chi connectivity index (χ0) is 5.86. The molecule has 7 heavy (non-hydrogen) atoms. The molecule has 0 rings (SSSR count). The topological polar surface area (TPSA) is 104 Å². The Hall–Kier alpha value is 1.22. The van der Waals surface area contributed by atoms with Gasteiger partial charge in [0.1, 0.15) is 0 Å². The molecule has 0 saturated heterocycles. The molecule has 0 aliphatic rings. The van der Waals surface area contributed by atoms with E-state index in [0.29, 0.717) is 0 Å². The molecular weight excluding hydrogens is 197 g/mol. The van der Waals surface area contributed by atoms with E-state index >= 15 is 0 Å². The molecule has 0 unspecified atom stereocenters. The van der Waals surface area contributed by atoms with Crippen LogP contribution in [0.2, 0.25) is 0 Å². The third kappa shape index (κ3) is 7.22. The van der Waals surface area contributed by atoms with Crippen molar-refractivity contribution in [3.8, 4) is 0 Å². The Kier molecular flexibility index (Phi) is 4.85. The Morgan fingerprint density at radius 1 is 0.857 bits per heavy atom. The van der Waals surface area contributed by atoms with Crippen LogP contribution in [0.3, 0.4) is 0 Å². The van der Waals surface area contributed by atoms with Crippen molar-refractivity contribution < 1.29 is 0 Å². The van der Waals surface area contributed by atoms with Gasteiger partial charge in [-0.3, -0.25) is 0 Å². The molecule has 8 N–H and O–H groups in total. The van der Waals surface area contributed by atoms with E-state index < -0.39 is 13.8 Å². The summed E-state index contributed by atoms with van der Waals surface area (Å²) in [5, 5.41) is 0. The average molecular weight is 205 g/mol. The second-order valence-corrected chi connectivity index (χ2v) is 11.3. The fourth-order valence-electron chi connectivity index (χ4n) is 0.109. The van der Waals surface area contributed by atoms with Crippen molar-refractivity contribution in [1.82, 2.24) is 0 Å². The summed E-state index contributed by atoms with van der Waals surface area (Å²) >= 11 is 0.116. The van der Waals surface area contributed by atoms with Crippen molar-refractivity contribution in [2.24, 2.45) is 22.0 Å². The molecule has 0 amide bonds. The number of nitrogens with two attached hydrogens (primary N) is 4. The Labute approximate surface area is 50.5 Å². The average Bonchev–Trinajstić information content (AvgIpc) is 1.27. The summed E-state index contributed by atoms with van der Waals surface area (Å²) in [5.74, 6) is 0. The van der Waals surface area contributed by atoms with Crippen LogP contribution in [0.1, 0.15) is 0 Å². The van der Waals surface area contributed by atoms with E-state index in [4.69, 9.17) is 22.0 Å². The third-order valence-corrected chi connectivity index (χ3v) is 8.82. The minimum absolute atomic E-state index is 0.116. The summed E-state index contributed by atoms with van der Waals surface area (Å²) in [5.41, 5.74) is 20.9. The van der Waals surface area contributed by atoms with Crippen LogP contribution in [0.5, 0.6) is 0 Å². The van der Waals surface area contributed by atoms with Crippen molar-refractivity contribution in [2.75, 3.05) is 0 Å². The van der Waals surface area contributed by atoms with E-state index in [-0.39, 0.29) is 14.1 Å². The van der Waals surface area contributed by atoms with Gasteiger partial charge in [0.2, 0.25) is 0 Å². The normalized spacial score (nSPS) is 11.1. The SMILES string of the molecule is NP(N)[Se]P(N)N. The van der Waals surface area contributed by atoms with Gasteiger partial charge in [-0.1, -0.05) is 0 Å². The summed E-state index contributed by atoms with van der Waals surface area (Å²) in [6, 6.07) is 0. The van der Waals surface area contributed by atoms with Gasteiger partial charge in [0.25, 0.3) is 0 Å². The van der Waals surface area contributed by atoms with Gasteiger partial charge in [-0.2, -0.15) is 0 Å². The maximum atomic E-state index is 5.22. The van der Waals surface area contributed by atoms with Gasteiger partial charge in [-0.15, -0.1) is 0 Å². The molecule has 0 aliphatic carbocycles. The van der Waals surface area contributed by atoms with Crippen molar-refractivity contribution in [3.05, 3.63) is 0 Å². The van der Waals surface area contributed by atoms with Crippen molar-refractivity contribution in [1.29, 1.82) is 0 Å². The van der Waals surface area contributed by atoms with E-state index in [1.807, 2.05) is 0 Å². The van der Waals surface area contributed by atoms with Crippen molar-refractivity contribution in [2.45, 2.75) is 0 Å². The molecule has 0 atom stereocenters. The molecular formula is H8N4P2Se. The van der Waals surface area contributed by atoms with Crippen LogP contribution in [0, 0.1) is 0 Å². The van der Waals surface area contributed by atoms with Gasteiger partial charge < -0.3 is 0 Å². The standard InChI is InChI=1S/H8N4P2Se/c1-5(2)7-6(3)4/h1-4H2. The molecule has 0 spiro atoms. The van der Waals surface area contributed by atoms with E-state index in [1.54, 1.807) is 0 Å². The first-order chi connectivity index (χ1) is 3.13. The summed E-state index contributed by atoms with van der Waals surface area (Å²) in [6.45, 7) is -1.60. The molecule has 7 heteroatoms. The van der Waals surface area contributed by atoms with Crippen LogP contribution in [-0.4, -0.2) is 14.1 Å². The maximum absolute atomic E-state index is 5.22. The quantitative estimate of drug-likeness (QED) is 0.342. The summed E-state index contributed by atoms with van der Waals surface area (Å²) in [4.78, 5) is 0. The molecule has 0 aromatic rings. The molecule has 0 radical (unpaired) electrons. The molecule has 44 valence electrons. The van der Waals surface area contributed by atoms with Crippen molar-refractivity contribution >= 4 is 27.9 Å². The predicted molar refractivity (Wildman–Crippen MR) is 36.3 cm³/mol. The molecule has 0 bridgehead atoms. The zero-order valence-electron chi connectivity index (χ0n) is 3.61. The Bertz CT molecular complexity index is 39.0. The predicted octanol–water partition coefficient (Wildman–Crippen LogP) is -1.02. The zero-order valence-corrected chi connectivity index (χ0v) is 7.11. The first-order valence-electron chi connectivity index (χ1n) is 1.40. The molecule has 0 aromatic carbocycles. The summed E-state index contributed by atoms with van der Waals surface area (Å²) < 4.78 is 0. The van der Waals surface area contributed by atoms with E-state index in [2.05, 4.69) is 0 Å². The second kappa shape index (κ2) is 4.13. The van der Waals surface area contributed by atoms with Gasteiger partial charge in [0.15, 0.2) is 0 Å². The fourth-order valence-corrected chi connectivity index (χ4v) is 5.09. The van der Waals surface area contributed by atoms with Crippen molar-refractivity contribution in [3.63, 3.8) is 0 Å². The fraction of sp³-hybridized carbons (Fsp3) is 0. The third-order valence-electron chi connectivity index (χ3n) is 0.189. The van der Waals surface area contributed by atoms with Gasteiger partial charge in [-0.25, -0.2) is 0 Å². The van der Waals surface area contributed by atoms with E-state index in [1.165, 1.54) is 0 Å². The van der Waals surface area contributed by atoms with Gasteiger partial charge in [0, 0.05) is 0 Å². The van der Waals surface area contributed by atoms with E-state index in [9.17, 15) is 0 Å².